The van der Waals surface area contributed by atoms with Crippen molar-refractivity contribution in [1.82, 2.24) is 0 Å². The molecule has 0 amide bonds. The molecule has 0 nitrogen and oxygen atoms in total. The molecule has 0 spiro atoms. The van der Waals surface area contributed by atoms with Gasteiger partial charge >= 0.3 is 12.4 Å². The quantitative estimate of drug-likeness (QED) is 0.241. The van der Waals surface area contributed by atoms with Crippen LogP contribution in [0.5, 0.6) is 0 Å². The van der Waals surface area contributed by atoms with Crippen LogP contribution in [0.3, 0.4) is 0 Å². The van der Waals surface area contributed by atoms with Gasteiger partial charge in [0.1, 0.15) is 0 Å². The zero-order chi connectivity index (χ0) is 24.4. The van der Waals surface area contributed by atoms with E-state index in [9.17, 15) is 35.1 Å². The molecule has 0 bridgehead atoms. The zero-order valence-corrected chi connectivity index (χ0v) is 18.1. The topological polar surface area (TPSA) is 0 Å². The molecule has 9 heteroatoms. The summed E-state index contributed by atoms with van der Waals surface area (Å²) in [5.41, 5.74) is -0.350. The van der Waals surface area contributed by atoms with Crippen LogP contribution in [-0.4, -0.2) is 12.4 Å². The van der Waals surface area contributed by atoms with Gasteiger partial charge in [0.15, 0.2) is 14.7 Å². The van der Waals surface area contributed by atoms with Crippen molar-refractivity contribution in [2.24, 2.45) is 0 Å². The Morgan fingerprint density at radius 3 is 1.36 bits per heavy atom. The van der Waals surface area contributed by atoms with Crippen LogP contribution in [0.2, 0.25) is 0 Å². The lowest BCUT2D eigenvalue weighted by atomic mass is 10.1. The fourth-order valence-corrected chi connectivity index (χ4v) is 5.58. The molecular weight excluding hydrogens is 472 g/mol. The minimum Gasteiger partial charge on any atom is -0.202 e. The van der Waals surface area contributed by atoms with Gasteiger partial charge in [0.25, 0.3) is 5.92 Å². The fraction of sp³-hybridized carbons (Fsp3) is 0.250. The molecule has 0 saturated carbocycles. The predicted molar refractivity (Wildman–Crippen MR) is 111 cm³/mol. The molecule has 0 N–H and O–H groups in total. The average molecular weight is 491 g/mol. The van der Waals surface area contributed by atoms with Crippen LogP contribution in [0.1, 0.15) is 23.6 Å². The van der Waals surface area contributed by atoms with Gasteiger partial charge in [0, 0.05) is 18.6 Å². The first-order valence-electron chi connectivity index (χ1n) is 9.75. The Balaban J connectivity index is 2.15. The van der Waals surface area contributed by atoms with Crippen LogP contribution >= 0.6 is 0 Å². The summed E-state index contributed by atoms with van der Waals surface area (Å²) in [6.45, 7) is 0.720. The molecule has 0 aromatic heterocycles. The van der Waals surface area contributed by atoms with Crippen LogP contribution in [-0.2, 0) is 29.7 Å². The standard InChI is InChI=1S/C24H19F8S/c1-22(25,26)18-7-4-10-21(13-18)33(19-8-2-5-16(11-19)14-23(27,28)29)20-9-3-6-17(12-20)15-24(30,31)32/h2-13H,14-15H2,1H3/q+1. The molecule has 3 aromatic rings. The van der Waals surface area contributed by atoms with Crippen molar-refractivity contribution in [2.75, 3.05) is 0 Å². The van der Waals surface area contributed by atoms with E-state index in [1.165, 1.54) is 54.6 Å². The van der Waals surface area contributed by atoms with Gasteiger partial charge in [-0.25, -0.2) is 8.78 Å². The van der Waals surface area contributed by atoms with E-state index in [0.29, 0.717) is 14.7 Å². The van der Waals surface area contributed by atoms with Gasteiger partial charge in [0.2, 0.25) is 0 Å². The van der Waals surface area contributed by atoms with Crippen LogP contribution in [0.15, 0.2) is 87.5 Å². The van der Waals surface area contributed by atoms with E-state index in [-0.39, 0.29) is 16.7 Å². The van der Waals surface area contributed by atoms with Crippen molar-refractivity contribution >= 4 is 10.9 Å². The second-order valence-corrected chi connectivity index (χ2v) is 9.63. The number of benzene rings is 3. The Bertz CT molecular complexity index is 1040. The predicted octanol–water partition coefficient (Wildman–Crippen LogP) is 8.10. The van der Waals surface area contributed by atoms with Crippen molar-refractivity contribution < 1.29 is 35.1 Å². The lowest BCUT2D eigenvalue weighted by Crippen LogP contribution is -2.14. The molecule has 3 rings (SSSR count). The van der Waals surface area contributed by atoms with Crippen molar-refractivity contribution in [1.29, 1.82) is 0 Å². The second kappa shape index (κ2) is 9.37. The maximum absolute atomic E-state index is 14.0. The highest BCUT2D eigenvalue weighted by molar-refractivity contribution is 7.97. The molecule has 0 atom stereocenters. The van der Waals surface area contributed by atoms with Gasteiger partial charge in [-0.2, -0.15) is 26.3 Å². The summed E-state index contributed by atoms with van der Waals surface area (Å²) in [5, 5.41) is 0. The lowest BCUT2D eigenvalue weighted by Gasteiger charge is -2.14. The Kier molecular flexibility index (Phi) is 7.12. The summed E-state index contributed by atoms with van der Waals surface area (Å²) < 4.78 is 105. The van der Waals surface area contributed by atoms with E-state index in [1.807, 2.05) is 0 Å². The Labute approximate surface area is 188 Å². The number of rotatable bonds is 6. The first-order valence-corrected chi connectivity index (χ1v) is 11.0. The van der Waals surface area contributed by atoms with E-state index < -0.39 is 42.0 Å². The Hall–Kier alpha value is -2.55. The van der Waals surface area contributed by atoms with E-state index >= 15 is 0 Å². The Morgan fingerprint density at radius 1 is 0.576 bits per heavy atom. The number of halogens is 8. The molecular formula is C24H19F8S+. The maximum Gasteiger partial charge on any atom is 0.393 e. The average Bonchev–Trinajstić information content (AvgIpc) is 2.66. The van der Waals surface area contributed by atoms with Gasteiger partial charge in [-0.05, 0) is 41.5 Å². The highest BCUT2D eigenvalue weighted by Crippen LogP contribution is 2.36. The third-order valence-electron chi connectivity index (χ3n) is 4.65. The third kappa shape index (κ3) is 7.22. The molecule has 0 aliphatic carbocycles. The van der Waals surface area contributed by atoms with Crippen molar-refractivity contribution in [2.45, 2.75) is 52.7 Å². The molecule has 3 aromatic carbocycles. The van der Waals surface area contributed by atoms with Crippen molar-refractivity contribution in [3.8, 4) is 0 Å². The molecule has 0 unspecified atom stereocenters. The van der Waals surface area contributed by atoms with E-state index in [0.717, 1.165) is 6.92 Å². The normalized spacial score (nSPS) is 12.9. The van der Waals surface area contributed by atoms with Crippen LogP contribution in [0, 0.1) is 0 Å². The maximum atomic E-state index is 14.0. The van der Waals surface area contributed by atoms with Gasteiger partial charge in [-0.3, -0.25) is 0 Å². The summed E-state index contributed by atoms with van der Waals surface area (Å²) in [6.07, 6.45) is -11.3. The first kappa shape index (κ1) is 25.1. The molecule has 0 fully saturated rings. The molecule has 0 heterocycles. The van der Waals surface area contributed by atoms with E-state index in [4.69, 9.17) is 0 Å². The Morgan fingerprint density at radius 2 is 0.970 bits per heavy atom. The van der Waals surface area contributed by atoms with Gasteiger partial charge < -0.3 is 0 Å². The smallest absolute Gasteiger partial charge is 0.202 e. The number of hydrogen-bond acceptors (Lipinski definition) is 0. The van der Waals surface area contributed by atoms with E-state index in [1.54, 1.807) is 18.2 Å². The SMILES string of the molecule is CC(F)(F)c1cccc([S+](c2cccc(CC(F)(F)F)c2)c2cccc(CC(F)(F)F)c2)c1. The van der Waals surface area contributed by atoms with Crippen LogP contribution in [0.4, 0.5) is 35.1 Å². The monoisotopic (exact) mass is 491 g/mol. The summed E-state index contributed by atoms with van der Waals surface area (Å²) in [6, 6.07) is 16.6. The summed E-state index contributed by atoms with van der Waals surface area (Å²) in [7, 11) is -1.21. The number of hydrogen-bond donors (Lipinski definition) is 0. The van der Waals surface area contributed by atoms with Gasteiger partial charge in [-0.1, -0.05) is 36.4 Å². The highest BCUT2D eigenvalue weighted by Gasteiger charge is 2.35. The largest absolute Gasteiger partial charge is 0.393 e. The van der Waals surface area contributed by atoms with Gasteiger partial charge in [0.05, 0.1) is 23.7 Å². The molecule has 176 valence electrons. The highest BCUT2D eigenvalue weighted by atomic mass is 32.2. The molecule has 0 aliphatic rings. The summed E-state index contributed by atoms with van der Waals surface area (Å²) >= 11 is 0. The van der Waals surface area contributed by atoms with Gasteiger partial charge in [-0.15, -0.1) is 0 Å². The number of alkyl halides is 8. The minimum absolute atomic E-state index is 0.0269. The van der Waals surface area contributed by atoms with Crippen LogP contribution in [0.25, 0.3) is 0 Å². The fourth-order valence-electron chi connectivity index (χ4n) is 3.33. The van der Waals surface area contributed by atoms with Crippen LogP contribution < -0.4 is 0 Å². The summed E-state index contributed by atoms with van der Waals surface area (Å²) in [4.78, 5) is 1.14. The molecule has 0 saturated heterocycles. The lowest BCUT2D eigenvalue weighted by molar-refractivity contribution is -0.128. The zero-order valence-electron chi connectivity index (χ0n) is 17.3. The van der Waals surface area contributed by atoms with Crippen molar-refractivity contribution in [3.05, 3.63) is 89.5 Å². The molecule has 0 radical (unpaired) electrons. The molecule has 33 heavy (non-hydrogen) atoms. The third-order valence-corrected chi connectivity index (χ3v) is 6.83. The molecule has 0 aliphatic heterocycles. The second-order valence-electron chi connectivity index (χ2n) is 7.60. The minimum atomic E-state index is -4.45. The van der Waals surface area contributed by atoms with E-state index in [2.05, 4.69) is 0 Å². The van der Waals surface area contributed by atoms with Crippen molar-refractivity contribution in [3.63, 3.8) is 0 Å². The summed E-state index contributed by atoms with van der Waals surface area (Å²) in [5.74, 6) is -3.17. The first-order chi connectivity index (χ1) is 15.2.